The Bertz CT molecular complexity index is 310. The molecule has 1 aromatic heterocycles. The third-order valence-corrected chi connectivity index (χ3v) is 1.74. The number of rotatable bonds is 4. The van der Waals surface area contributed by atoms with E-state index >= 15 is 0 Å². The van der Waals surface area contributed by atoms with Gasteiger partial charge < -0.3 is 4.57 Å². The highest BCUT2D eigenvalue weighted by Gasteiger charge is 2.28. The van der Waals surface area contributed by atoms with E-state index in [4.69, 9.17) is 0 Å². The van der Waals surface area contributed by atoms with Crippen LogP contribution in [0.1, 0.15) is 18.8 Å². The van der Waals surface area contributed by atoms with Crippen LogP contribution < -0.4 is 5.48 Å². The lowest BCUT2D eigenvalue weighted by molar-refractivity contribution is -0.193. The lowest BCUT2D eigenvalue weighted by atomic mass is 10.3. The molecule has 7 heteroatoms. The van der Waals surface area contributed by atoms with Crippen molar-refractivity contribution in [2.24, 2.45) is 7.05 Å². The number of hydrogen-bond donors (Lipinski definition) is 1. The zero-order valence-corrected chi connectivity index (χ0v) is 8.38. The molecule has 4 nitrogen and oxygen atoms in total. The summed E-state index contributed by atoms with van der Waals surface area (Å²) in [5.74, 6) is 0.608. The van der Waals surface area contributed by atoms with Gasteiger partial charge in [0.05, 0.1) is 6.04 Å². The van der Waals surface area contributed by atoms with Crippen LogP contribution in [0.15, 0.2) is 12.4 Å². The molecule has 0 saturated heterocycles. The van der Waals surface area contributed by atoms with Crippen LogP contribution in [-0.4, -0.2) is 22.3 Å². The smallest absolute Gasteiger partial charge is 0.337 e. The maximum atomic E-state index is 11.7. The molecule has 0 fully saturated rings. The number of nitrogens with one attached hydrogen (secondary N) is 1. The fraction of sp³-hybridized carbons (Fsp3) is 0.625. The van der Waals surface area contributed by atoms with Crippen molar-refractivity contribution in [1.29, 1.82) is 0 Å². The van der Waals surface area contributed by atoms with E-state index in [0.29, 0.717) is 5.82 Å². The van der Waals surface area contributed by atoms with Crippen molar-refractivity contribution in [2.45, 2.75) is 19.1 Å². The number of hydrogen-bond acceptors (Lipinski definition) is 3. The quantitative estimate of drug-likeness (QED) is 0.787. The Morgan fingerprint density at radius 2 is 2.27 bits per heavy atom. The zero-order chi connectivity index (χ0) is 11.5. The number of halogens is 3. The van der Waals surface area contributed by atoms with Gasteiger partial charge in [-0.25, -0.2) is 4.98 Å². The van der Waals surface area contributed by atoms with Gasteiger partial charge in [-0.3, -0.25) is 4.84 Å². The van der Waals surface area contributed by atoms with Crippen LogP contribution >= 0.6 is 0 Å². The van der Waals surface area contributed by atoms with Crippen molar-refractivity contribution < 1.29 is 18.0 Å². The number of alkyl halides is 3. The van der Waals surface area contributed by atoms with E-state index in [-0.39, 0.29) is 0 Å². The third kappa shape index (κ3) is 3.88. The molecule has 0 amide bonds. The highest BCUT2D eigenvalue weighted by atomic mass is 19.4. The summed E-state index contributed by atoms with van der Waals surface area (Å²) in [7, 11) is 1.75. The van der Waals surface area contributed by atoms with Crippen LogP contribution in [0.2, 0.25) is 0 Å². The Morgan fingerprint density at radius 1 is 1.60 bits per heavy atom. The number of aryl methyl sites for hydroxylation is 1. The summed E-state index contributed by atoms with van der Waals surface area (Å²) in [6.07, 6.45) is -1.05. The first kappa shape index (κ1) is 12.0. The average Bonchev–Trinajstić information content (AvgIpc) is 2.48. The van der Waals surface area contributed by atoms with Crippen LogP contribution in [0.5, 0.6) is 0 Å². The van der Waals surface area contributed by atoms with Gasteiger partial charge in [0, 0.05) is 19.4 Å². The highest BCUT2D eigenvalue weighted by molar-refractivity contribution is 4.95. The van der Waals surface area contributed by atoms with Gasteiger partial charge in [-0.2, -0.15) is 18.7 Å². The molecule has 1 rings (SSSR count). The zero-order valence-electron chi connectivity index (χ0n) is 8.38. The predicted molar refractivity (Wildman–Crippen MR) is 46.8 cm³/mol. The molecule has 0 radical (unpaired) electrons. The maximum absolute atomic E-state index is 11.7. The summed E-state index contributed by atoms with van der Waals surface area (Å²) >= 11 is 0. The third-order valence-electron chi connectivity index (χ3n) is 1.74. The molecule has 0 aliphatic carbocycles. The van der Waals surface area contributed by atoms with Gasteiger partial charge in [-0.15, -0.1) is 0 Å². The van der Waals surface area contributed by atoms with Gasteiger partial charge in [-0.1, -0.05) is 0 Å². The molecule has 0 spiro atoms. The van der Waals surface area contributed by atoms with Crippen LogP contribution in [0.4, 0.5) is 13.2 Å². The van der Waals surface area contributed by atoms with Crippen LogP contribution in [-0.2, 0) is 11.9 Å². The van der Waals surface area contributed by atoms with Gasteiger partial charge in [0.2, 0.25) is 0 Å². The van der Waals surface area contributed by atoms with Crippen molar-refractivity contribution in [3.63, 3.8) is 0 Å². The summed E-state index contributed by atoms with van der Waals surface area (Å²) in [5, 5.41) is 0. The summed E-state index contributed by atoms with van der Waals surface area (Å²) in [6.45, 7) is 0.348. The van der Waals surface area contributed by atoms with Crippen molar-refractivity contribution in [1.82, 2.24) is 15.0 Å². The molecule has 1 aromatic rings. The fourth-order valence-electron chi connectivity index (χ4n) is 1.10. The molecule has 0 aliphatic heterocycles. The second-order valence-electron chi connectivity index (χ2n) is 3.14. The van der Waals surface area contributed by atoms with Crippen molar-refractivity contribution in [2.75, 3.05) is 6.61 Å². The van der Waals surface area contributed by atoms with Crippen LogP contribution in [0, 0.1) is 0 Å². The van der Waals surface area contributed by atoms with Gasteiger partial charge in [0.15, 0.2) is 6.61 Å². The van der Waals surface area contributed by atoms with E-state index in [1.165, 1.54) is 0 Å². The topological polar surface area (TPSA) is 39.1 Å². The SMILES string of the molecule is CC(NOCC(F)(F)F)c1nccn1C. The van der Waals surface area contributed by atoms with Crippen molar-refractivity contribution in [3.8, 4) is 0 Å². The average molecular weight is 223 g/mol. The molecule has 86 valence electrons. The van der Waals surface area contributed by atoms with Crippen LogP contribution in [0.3, 0.4) is 0 Å². The first-order valence-electron chi connectivity index (χ1n) is 4.31. The second kappa shape index (κ2) is 4.63. The predicted octanol–water partition coefficient (Wildman–Crippen LogP) is 1.56. The molecule has 0 aromatic carbocycles. The monoisotopic (exact) mass is 223 g/mol. The van der Waals surface area contributed by atoms with E-state index in [9.17, 15) is 13.2 Å². The number of imidazole rings is 1. The van der Waals surface area contributed by atoms with Gasteiger partial charge >= 0.3 is 6.18 Å². The molecular weight excluding hydrogens is 211 g/mol. The molecule has 0 saturated carbocycles. The fourth-order valence-corrected chi connectivity index (χ4v) is 1.10. The molecule has 1 N–H and O–H groups in total. The molecule has 0 aliphatic rings. The molecule has 0 bridgehead atoms. The summed E-state index contributed by atoms with van der Waals surface area (Å²) in [5.41, 5.74) is 2.28. The summed E-state index contributed by atoms with van der Waals surface area (Å²) in [4.78, 5) is 8.28. The molecule has 1 atom stereocenters. The Labute approximate surface area is 85.0 Å². The van der Waals surface area contributed by atoms with E-state index < -0.39 is 18.8 Å². The second-order valence-corrected chi connectivity index (χ2v) is 3.14. The molecule has 1 unspecified atom stereocenters. The van der Waals surface area contributed by atoms with Gasteiger partial charge in [0.1, 0.15) is 5.82 Å². The van der Waals surface area contributed by atoms with Crippen molar-refractivity contribution >= 4 is 0 Å². The Morgan fingerprint density at radius 3 is 2.73 bits per heavy atom. The van der Waals surface area contributed by atoms with E-state index in [1.807, 2.05) is 0 Å². The van der Waals surface area contributed by atoms with Gasteiger partial charge in [0.25, 0.3) is 0 Å². The minimum absolute atomic E-state index is 0.396. The number of nitrogens with zero attached hydrogens (tertiary/aromatic N) is 2. The molecule has 15 heavy (non-hydrogen) atoms. The first-order chi connectivity index (χ1) is 6.90. The van der Waals surface area contributed by atoms with Crippen LogP contribution in [0.25, 0.3) is 0 Å². The summed E-state index contributed by atoms with van der Waals surface area (Å²) < 4.78 is 36.9. The van der Waals surface area contributed by atoms with E-state index in [1.54, 1.807) is 30.9 Å². The lowest BCUT2D eigenvalue weighted by Crippen LogP contribution is -2.28. The largest absolute Gasteiger partial charge is 0.413 e. The molecule has 1 heterocycles. The van der Waals surface area contributed by atoms with Crippen molar-refractivity contribution in [3.05, 3.63) is 18.2 Å². The first-order valence-corrected chi connectivity index (χ1v) is 4.31. The van der Waals surface area contributed by atoms with Gasteiger partial charge in [-0.05, 0) is 6.92 Å². The standard InChI is InChI=1S/C8H12F3N3O/c1-6(7-12-3-4-14(7)2)13-15-5-8(9,10)11/h3-4,6,13H,5H2,1-2H3. The Balaban J connectivity index is 2.37. The highest BCUT2D eigenvalue weighted by Crippen LogP contribution is 2.15. The minimum atomic E-state index is -4.33. The minimum Gasteiger partial charge on any atom is -0.337 e. The lowest BCUT2D eigenvalue weighted by Gasteiger charge is -2.14. The normalized spacial score (nSPS) is 14.2. The van der Waals surface area contributed by atoms with E-state index in [2.05, 4.69) is 15.3 Å². The number of hydroxylamine groups is 1. The molecular formula is C8H12F3N3O. The maximum Gasteiger partial charge on any atom is 0.413 e. The van der Waals surface area contributed by atoms with E-state index in [0.717, 1.165) is 0 Å². The Hall–Kier alpha value is -1.08. The Kier molecular flexibility index (Phi) is 3.70. The number of aromatic nitrogens is 2. The summed E-state index contributed by atoms with van der Waals surface area (Å²) in [6, 6.07) is -0.396.